The van der Waals surface area contributed by atoms with E-state index in [2.05, 4.69) is 5.32 Å². The van der Waals surface area contributed by atoms with Crippen LogP contribution in [0, 0.1) is 5.82 Å². The Bertz CT molecular complexity index is 633. The molecule has 0 saturated carbocycles. The molecule has 1 N–H and O–H groups in total. The highest BCUT2D eigenvalue weighted by atomic mass is 32.2. The van der Waals surface area contributed by atoms with Crippen molar-refractivity contribution >= 4 is 10.8 Å². The fraction of sp³-hybridized carbons (Fsp3) is 0.250. The number of ether oxygens (including phenoxy) is 1. The average molecular weight is 307 g/mol. The molecule has 0 bridgehead atoms. The van der Waals surface area contributed by atoms with E-state index in [9.17, 15) is 8.60 Å². The number of benzene rings is 2. The second kappa shape index (κ2) is 7.33. The first kappa shape index (κ1) is 15.7. The van der Waals surface area contributed by atoms with E-state index in [1.807, 2.05) is 24.3 Å². The number of halogens is 1. The minimum atomic E-state index is -1.41. The first-order chi connectivity index (χ1) is 10.2. The lowest BCUT2D eigenvalue weighted by atomic mass is 10.1. The second-order valence-electron chi connectivity index (χ2n) is 4.56. The van der Waals surface area contributed by atoms with Gasteiger partial charge in [0, 0.05) is 11.8 Å². The minimum absolute atomic E-state index is 0.138. The SMILES string of the molecule is CNC(CS(=O)c1ccccc1F)c1cccc(OC)c1. The molecule has 2 aromatic carbocycles. The number of hydrogen-bond donors (Lipinski definition) is 1. The summed E-state index contributed by atoms with van der Waals surface area (Å²) in [6.07, 6.45) is 0. The van der Waals surface area contributed by atoms with Crippen LogP contribution in [-0.4, -0.2) is 24.1 Å². The molecule has 0 radical (unpaired) electrons. The monoisotopic (exact) mass is 307 g/mol. The summed E-state index contributed by atoms with van der Waals surface area (Å²) in [6, 6.07) is 13.6. The molecule has 0 saturated heterocycles. The van der Waals surface area contributed by atoms with Gasteiger partial charge in [-0.3, -0.25) is 4.21 Å². The molecular weight excluding hydrogens is 289 g/mol. The van der Waals surface area contributed by atoms with Crippen LogP contribution in [0.5, 0.6) is 5.75 Å². The van der Waals surface area contributed by atoms with E-state index < -0.39 is 16.6 Å². The molecule has 3 nitrogen and oxygen atoms in total. The van der Waals surface area contributed by atoms with Gasteiger partial charge in [-0.1, -0.05) is 24.3 Å². The predicted molar refractivity (Wildman–Crippen MR) is 82.5 cm³/mol. The Hall–Kier alpha value is -1.72. The van der Waals surface area contributed by atoms with Gasteiger partial charge in [0.05, 0.1) is 22.8 Å². The molecule has 0 amide bonds. The van der Waals surface area contributed by atoms with Gasteiger partial charge in [0.1, 0.15) is 11.6 Å². The zero-order valence-corrected chi connectivity index (χ0v) is 12.8. The van der Waals surface area contributed by atoms with Crippen LogP contribution in [0.2, 0.25) is 0 Å². The Morgan fingerprint density at radius 2 is 2.00 bits per heavy atom. The third-order valence-corrected chi connectivity index (χ3v) is 4.70. The maximum atomic E-state index is 13.7. The van der Waals surface area contributed by atoms with Gasteiger partial charge in [-0.15, -0.1) is 0 Å². The molecule has 2 rings (SSSR count). The molecule has 112 valence electrons. The number of methoxy groups -OCH3 is 1. The van der Waals surface area contributed by atoms with Crippen LogP contribution in [-0.2, 0) is 10.8 Å². The second-order valence-corrected chi connectivity index (χ2v) is 6.02. The number of rotatable bonds is 6. The molecular formula is C16H18FNO2S. The Morgan fingerprint density at radius 3 is 2.67 bits per heavy atom. The van der Waals surface area contributed by atoms with Crippen LogP contribution in [0.4, 0.5) is 4.39 Å². The topological polar surface area (TPSA) is 38.3 Å². The van der Waals surface area contributed by atoms with E-state index >= 15 is 0 Å². The van der Waals surface area contributed by atoms with Gasteiger partial charge in [-0.25, -0.2) is 4.39 Å². The van der Waals surface area contributed by atoms with Crippen LogP contribution in [0.15, 0.2) is 53.4 Å². The molecule has 5 heteroatoms. The molecule has 0 aromatic heterocycles. The molecule has 21 heavy (non-hydrogen) atoms. The fourth-order valence-electron chi connectivity index (χ4n) is 2.08. The Balaban J connectivity index is 2.19. The highest BCUT2D eigenvalue weighted by Crippen LogP contribution is 2.22. The first-order valence-corrected chi connectivity index (χ1v) is 7.91. The zero-order chi connectivity index (χ0) is 15.2. The van der Waals surface area contributed by atoms with Crippen molar-refractivity contribution in [3.8, 4) is 5.75 Å². The van der Waals surface area contributed by atoms with Crippen molar-refractivity contribution in [2.75, 3.05) is 19.9 Å². The lowest BCUT2D eigenvalue weighted by Gasteiger charge is -2.17. The summed E-state index contributed by atoms with van der Waals surface area (Å²) in [6.45, 7) is 0. The Kier molecular flexibility index (Phi) is 5.47. The molecule has 2 atom stereocenters. The van der Waals surface area contributed by atoms with Gasteiger partial charge in [0.15, 0.2) is 0 Å². The standard InChI is InChI=1S/C16H18FNO2S/c1-18-15(12-6-5-7-13(10-12)20-2)11-21(19)16-9-4-3-8-14(16)17/h3-10,15,18H,11H2,1-2H3. The van der Waals surface area contributed by atoms with Gasteiger partial charge >= 0.3 is 0 Å². The van der Waals surface area contributed by atoms with Crippen LogP contribution >= 0.6 is 0 Å². The largest absolute Gasteiger partial charge is 0.497 e. The van der Waals surface area contributed by atoms with E-state index in [1.165, 1.54) is 6.07 Å². The maximum Gasteiger partial charge on any atom is 0.139 e. The van der Waals surface area contributed by atoms with Crippen LogP contribution in [0.1, 0.15) is 11.6 Å². The molecule has 0 heterocycles. The van der Waals surface area contributed by atoms with E-state index in [1.54, 1.807) is 32.4 Å². The summed E-state index contributed by atoms with van der Waals surface area (Å²) in [5.74, 6) is 0.602. The Morgan fingerprint density at radius 1 is 1.24 bits per heavy atom. The van der Waals surface area contributed by atoms with Gasteiger partial charge in [-0.2, -0.15) is 0 Å². The van der Waals surface area contributed by atoms with Gasteiger partial charge in [0.2, 0.25) is 0 Å². The number of nitrogens with one attached hydrogen (secondary N) is 1. The minimum Gasteiger partial charge on any atom is -0.497 e. The van der Waals surface area contributed by atoms with E-state index in [4.69, 9.17) is 4.74 Å². The van der Waals surface area contributed by atoms with Crippen molar-refractivity contribution in [3.05, 3.63) is 59.9 Å². The summed E-state index contributed by atoms with van der Waals surface area (Å²) in [4.78, 5) is 0.237. The molecule has 0 aliphatic heterocycles. The van der Waals surface area contributed by atoms with Crippen molar-refractivity contribution in [2.45, 2.75) is 10.9 Å². The fourth-order valence-corrected chi connectivity index (χ4v) is 3.43. The summed E-state index contributed by atoms with van der Waals surface area (Å²) in [5, 5.41) is 3.12. The zero-order valence-electron chi connectivity index (χ0n) is 12.0. The lowest BCUT2D eigenvalue weighted by molar-refractivity contribution is 0.413. The van der Waals surface area contributed by atoms with E-state index in [-0.39, 0.29) is 10.9 Å². The van der Waals surface area contributed by atoms with Crippen molar-refractivity contribution in [3.63, 3.8) is 0 Å². The van der Waals surface area contributed by atoms with Crippen LogP contribution < -0.4 is 10.1 Å². The van der Waals surface area contributed by atoms with Gasteiger partial charge in [-0.05, 0) is 36.9 Å². The van der Waals surface area contributed by atoms with E-state index in [0.29, 0.717) is 5.75 Å². The van der Waals surface area contributed by atoms with Gasteiger partial charge < -0.3 is 10.1 Å². The smallest absolute Gasteiger partial charge is 0.139 e. The molecule has 0 spiro atoms. The molecule has 2 unspecified atom stereocenters. The third kappa shape index (κ3) is 3.89. The summed E-state index contributed by atoms with van der Waals surface area (Å²) in [7, 11) is 1.98. The maximum absolute atomic E-state index is 13.7. The molecule has 0 aliphatic rings. The summed E-state index contributed by atoms with van der Waals surface area (Å²) >= 11 is 0. The first-order valence-electron chi connectivity index (χ1n) is 6.60. The van der Waals surface area contributed by atoms with Crippen LogP contribution in [0.25, 0.3) is 0 Å². The third-order valence-electron chi connectivity index (χ3n) is 3.24. The van der Waals surface area contributed by atoms with Crippen molar-refractivity contribution < 1.29 is 13.3 Å². The summed E-state index contributed by atoms with van der Waals surface area (Å²) in [5.41, 5.74) is 0.960. The highest BCUT2D eigenvalue weighted by Gasteiger charge is 2.17. The van der Waals surface area contributed by atoms with Crippen molar-refractivity contribution in [1.82, 2.24) is 5.32 Å². The molecule has 0 fully saturated rings. The summed E-state index contributed by atoms with van der Waals surface area (Å²) < 4.78 is 31.2. The molecule has 2 aromatic rings. The van der Waals surface area contributed by atoms with Crippen LogP contribution in [0.3, 0.4) is 0 Å². The normalized spacial score (nSPS) is 13.7. The van der Waals surface area contributed by atoms with Gasteiger partial charge in [0.25, 0.3) is 0 Å². The average Bonchev–Trinajstić information content (AvgIpc) is 2.52. The Labute approximate surface area is 126 Å². The van der Waals surface area contributed by atoms with E-state index in [0.717, 1.165) is 11.3 Å². The highest BCUT2D eigenvalue weighted by molar-refractivity contribution is 7.85. The van der Waals surface area contributed by atoms with Crippen molar-refractivity contribution in [2.24, 2.45) is 0 Å². The lowest BCUT2D eigenvalue weighted by Crippen LogP contribution is -2.23. The molecule has 0 aliphatic carbocycles. The quantitative estimate of drug-likeness (QED) is 0.892. The van der Waals surface area contributed by atoms with Crippen molar-refractivity contribution in [1.29, 1.82) is 0 Å². The number of hydrogen-bond acceptors (Lipinski definition) is 3. The predicted octanol–water partition coefficient (Wildman–Crippen LogP) is 2.90.